The number of rotatable bonds is 4. The SMILES string of the molecule is FC(F)(F)c1cccc(Cn2cnc(-c3cc(C4NNNN4)ccn3)c2)c1Cl. The van der Waals surface area contributed by atoms with E-state index in [2.05, 4.69) is 31.9 Å². The Bertz CT molecular complexity index is 983. The maximum atomic E-state index is 13.0. The molecule has 3 heterocycles. The fourth-order valence-electron chi connectivity index (χ4n) is 2.88. The molecular weight excluding hydrogens is 395 g/mol. The zero-order valence-corrected chi connectivity index (χ0v) is 15.0. The van der Waals surface area contributed by atoms with Crippen LogP contribution in [-0.2, 0) is 12.7 Å². The van der Waals surface area contributed by atoms with E-state index in [9.17, 15) is 13.2 Å². The van der Waals surface area contributed by atoms with E-state index >= 15 is 0 Å². The maximum Gasteiger partial charge on any atom is 0.417 e. The Morgan fingerprint density at radius 2 is 1.86 bits per heavy atom. The maximum absolute atomic E-state index is 13.0. The van der Waals surface area contributed by atoms with Crippen LogP contribution in [0.2, 0.25) is 5.02 Å². The molecule has 0 bridgehead atoms. The number of nitrogens with zero attached hydrogens (tertiary/aromatic N) is 3. The predicted molar refractivity (Wildman–Crippen MR) is 96.3 cm³/mol. The monoisotopic (exact) mass is 409 g/mol. The lowest BCUT2D eigenvalue weighted by Gasteiger charge is -2.12. The summed E-state index contributed by atoms with van der Waals surface area (Å²) in [6.07, 6.45) is 0.274. The van der Waals surface area contributed by atoms with Crippen molar-refractivity contribution < 1.29 is 13.2 Å². The number of pyridine rings is 1. The standard InChI is InChI=1S/C17H15ClF3N7/c18-15-11(2-1-3-12(15)17(19,20)21)7-28-8-14(23-9-28)13-6-10(4-5-22-13)16-24-26-27-25-16/h1-6,8-9,16,24-27H,7H2. The summed E-state index contributed by atoms with van der Waals surface area (Å²) < 4.78 is 40.8. The van der Waals surface area contributed by atoms with E-state index in [1.807, 2.05) is 12.1 Å². The van der Waals surface area contributed by atoms with Crippen molar-refractivity contribution in [1.29, 1.82) is 0 Å². The van der Waals surface area contributed by atoms with Crippen LogP contribution >= 0.6 is 11.6 Å². The lowest BCUT2D eigenvalue weighted by Crippen LogP contribution is -2.33. The summed E-state index contributed by atoms with van der Waals surface area (Å²) in [5, 5.41) is -0.302. The molecule has 7 nitrogen and oxygen atoms in total. The summed E-state index contributed by atoms with van der Waals surface area (Å²) in [4.78, 5) is 8.63. The quantitative estimate of drug-likeness (QED) is 0.531. The first-order valence-corrected chi connectivity index (χ1v) is 8.63. The molecule has 1 saturated heterocycles. The zero-order chi connectivity index (χ0) is 19.7. The van der Waals surface area contributed by atoms with Gasteiger partial charge in [-0.3, -0.25) is 4.98 Å². The fraction of sp³-hybridized carbons (Fsp3) is 0.176. The molecule has 0 amide bonds. The Morgan fingerprint density at radius 3 is 2.61 bits per heavy atom. The van der Waals surface area contributed by atoms with E-state index in [1.165, 1.54) is 12.4 Å². The third kappa shape index (κ3) is 3.86. The molecule has 1 fully saturated rings. The molecule has 3 aromatic rings. The van der Waals surface area contributed by atoms with Crippen LogP contribution in [0, 0.1) is 0 Å². The Morgan fingerprint density at radius 1 is 1.07 bits per heavy atom. The molecule has 0 atom stereocenters. The number of imidazole rings is 1. The normalized spacial score (nSPS) is 15.3. The molecular formula is C17H15ClF3N7. The molecule has 4 N–H and O–H groups in total. The Labute approximate surface area is 162 Å². The van der Waals surface area contributed by atoms with Gasteiger partial charge in [0.2, 0.25) is 0 Å². The minimum Gasteiger partial charge on any atom is -0.332 e. The summed E-state index contributed by atoms with van der Waals surface area (Å²) in [7, 11) is 0. The van der Waals surface area contributed by atoms with Crippen molar-refractivity contribution in [2.24, 2.45) is 0 Å². The predicted octanol–water partition coefficient (Wildman–Crippen LogP) is 2.78. The molecule has 1 aliphatic heterocycles. The Hall–Kier alpha value is -2.50. The number of hydrazine groups is 3. The van der Waals surface area contributed by atoms with Crippen LogP contribution in [0.4, 0.5) is 13.2 Å². The summed E-state index contributed by atoms with van der Waals surface area (Å²) in [6.45, 7) is 0.162. The van der Waals surface area contributed by atoms with E-state index in [0.29, 0.717) is 17.0 Å². The molecule has 146 valence electrons. The van der Waals surface area contributed by atoms with Crippen LogP contribution in [0.1, 0.15) is 22.9 Å². The number of hydrogen-bond acceptors (Lipinski definition) is 6. The van der Waals surface area contributed by atoms with Crippen molar-refractivity contribution in [3.8, 4) is 11.4 Å². The van der Waals surface area contributed by atoms with Gasteiger partial charge in [-0.15, -0.1) is 0 Å². The lowest BCUT2D eigenvalue weighted by molar-refractivity contribution is -0.137. The molecule has 1 aliphatic rings. The first-order valence-electron chi connectivity index (χ1n) is 8.25. The fourth-order valence-corrected chi connectivity index (χ4v) is 3.18. The topological polar surface area (TPSA) is 78.8 Å². The lowest BCUT2D eigenvalue weighted by atomic mass is 10.1. The van der Waals surface area contributed by atoms with Crippen molar-refractivity contribution >= 4 is 11.6 Å². The summed E-state index contributed by atoms with van der Waals surface area (Å²) in [6, 6.07) is 7.59. The summed E-state index contributed by atoms with van der Waals surface area (Å²) in [5.41, 5.74) is 13.1. The average molecular weight is 410 g/mol. The van der Waals surface area contributed by atoms with Crippen molar-refractivity contribution in [3.05, 3.63) is 70.8 Å². The minimum absolute atomic E-state index is 0.146. The Kier molecular flexibility index (Phi) is 5.04. The van der Waals surface area contributed by atoms with E-state index in [-0.39, 0.29) is 17.7 Å². The highest BCUT2D eigenvalue weighted by atomic mass is 35.5. The second kappa shape index (κ2) is 7.49. The van der Waals surface area contributed by atoms with Crippen molar-refractivity contribution in [1.82, 2.24) is 36.5 Å². The van der Waals surface area contributed by atoms with Crippen molar-refractivity contribution in [2.75, 3.05) is 0 Å². The summed E-state index contributed by atoms with van der Waals surface area (Å²) in [5.74, 6) is 0. The minimum atomic E-state index is -4.50. The van der Waals surface area contributed by atoms with Gasteiger partial charge in [-0.25, -0.2) is 15.8 Å². The number of benzene rings is 1. The second-order valence-corrected chi connectivity index (χ2v) is 6.53. The van der Waals surface area contributed by atoms with Gasteiger partial charge in [-0.2, -0.15) is 24.2 Å². The molecule has 2 aromatic heterocycles. The molecule has 0 spiro atoms. The Balaban J connectivity index is 1.57. The van der Waals surface area contributed by atoms with Gasteiger partial charge in [0, 0.05) is 18.9 Å². The van der Waals surface area contributed by atoms with E-state index < -0.39 is 11.7 Å². The van der Waals surface area contributed by atoms with Crippen LogP contribution in [0.25, 0.3) is 11.4 Å². The van der Waals surface area contributed by atoms with E-state index in [4.69, 9.17) is 11.6 Å². The molecule has 11 heteroatoms. The number of halogens is 4. The molecule has 0 radical (unpaired) electrons. The van der Waals surface area contributed by atoms with Crippen molar-refractivity contribution in [2.45, 2.75) is 18.9 Å². The van der Waals surface area contributed by atoms with Gasteiger partial charge in [-0.05, 0) is 29.3 Å². The van der Waals surface area contributed by atoms with Gasteiger partial charge in [0.15, 0.2) is 0 Å². The molecule has 0 aliphatic carbocycles. The molecule has 0 saturated carbocycles. The summed E-state index contributed by atoms with van der Waals surface area (Å²) >= 11 is 5.97. The molecule has 1 aromatic carbocycles. The second-order valence-electron chi connectivity index (χ2n) is 6.15. The third-order valence-electron chi connectivity index (χ3n) is 4.25. The molecule has 0 unspecified atom stereocenters. The number of nitrogens with one attached hydrogen (secondary N) is 4. The molecule has 4 rings (SSSR count). The van der Waals surface area contributed by atoms with E-state index in [1.54, 1.807) is 23.0 Å². The van der Waals surface area contributed by atoms with Crippen LogP contribution in [0.3, 0.4) is 0 Å². The smallest absolute Gasteiger partial charge is 0.332 e. The van der Waals surface area contributed by atoms with Gasteiger partial charge in [0.25, 0.3) is 0 Å². The number of aromatic nitrogens is 3. The average Bonchev–Trinajstić information content (AvgIpc) is 3.35. The van der Waals surface area contributed by atoms with E-state index in [0.717, 1.165) is 11.6 Å². The highest BCUT2D eigenvalue weighted by molar-refractivity contribution is 6.32. The van der Waals surface area contributed by atoms with Gasteiger partial charge >= 0.3 is 6.18 Å². The van der Waals surface area contributed by atoms with Gasteiger partial charge in [0.1, 0.15) is 11.9 Å². The first-order chi connectivity index (χ1) is 13.4. The number of alkyl halides is 3. The van der Waals surface area contributed by atoms with Crippen LogP contribution in [-0.4, -0.2) is 14.5 Å². The third-order valence-corrected chi connectivity index (χ3v) is 4.69. The van der Waals surface area contributed by atoms with Crippen LogP contribution < -0.4 is 21.9 Å². The van der Waals surface area contributed by atoms with Crippen LogP contribution in [0.15, 0.2) is 49.1 Å². The van der Waals surface area contributed by atoms with Crippen molar-refractivity contribution in [3.63, 3.8) is 0 Å². The van der Waals surface area contributed by atoms with Crippen LogP contribution in [0.5, 0.6) is 0 Å². The first kappa shape index (κ1) is 18.8. The largest absolute Gasteiger partial charge is 0.417 e. The zero-order valence-electron chi connectivity index (χ0n) is 14.3. The number of hydrogen-bond donors (Lipinski definition) is 4. The molecule has 28 heavy (non-hydrogen) atoms. The van der Waals surface area contributed by atoms with Gasteiger partial charge < -0.3 is 4.57 Å². The highest BCUT2D eigenvalue weighted by Gasteiger charge is 2.33. The van der Waals surface area contributed by atoms with Gasteiger partial charge in [0.05, 0.1) is 22.6 Å². The highest BCUT2D eigenvalue weighted by Crippen LogP contribution is 2.36. The van der Waals surface area contributed by atoms with Gasteiger partial charge in [-0.1, -0.05) is 23.7 Å².